The van der Waals surface area contributed by atoms with Crippen LogP contribution in [0.25, 0.3) is 0 Å². The van der Waals surface area contributed by atoms with E-state index in [0.717, 1.165) is 39.6 Å². The van der Waals surface area contributed by atoms with Gasteiger partial charge in [0.05, 0.1) is 33.6 Å². The third kappa shape index (κ3) is 14.3. The first-order valence-corrected chi connectivity index (χ1v) is 20.4. The first kappa shape index (κ1) is 51.4. The van der Waals surface area contributed by atoms with Crippen molar-refractivity contribution >= 4 is 71.2 Å². The van der Waals surface area contributed by atoms with Crippen LogP contribution in [0.5, 0.6) is 0 Å². The molecule has 0 atom stereocenters. The van der Waals surface area contributed by atoms with E-state index in [1.165, 1.54) is 0 Å². The molecule has 10 nitrogen and oxygen atoms in total. The number of carbonyl (C=O) groups excluding carboxylic acids is 1. The van der Waals surface area contributed by atoms with Crippen LogP contribution < -0.4 is 72.6 Å². The van der Waals surface area contributed by atoms with Gasteiger partial charge in [-0.1, -0.05) is 70.5 Å². The van der Waals surface area contributed by atoms with Crippen molar-refractivity contribution in [2.45, 2.75) is 124 Å². The number of carbonyl (C=O) groups is 1. The van der Waals surface area contributed by atoms with Crippen molar-refractivity contribution in [1.29, 1.82) is 0 Å². The van der Waals surface area contributed by atoms with Gasteiger partial charge in [-0.05, 0) is 150 Å². The third-order valence-corrected chi connectivity index (χ3v) is 11.6. The number of para-hydroxylation sites is 2. The van der Waals surface area contributed by atoms with Gasteiger partial charge >= 0.3 is 72.5 Å². The number of rotatable bonds is 6. The van der Waals surface area contributed by atoms with Crippen molar-refractivity contribution < 1.29 is 89.2 Å². The molecular weight excluding hydrogens is 836 g/mol. The zero-order valence-electron chi connectivity index (χ0n) is 37.3. The van der Waals surface area contributed by atoms with Gasteiger partial charge in [-0.2, -0.15) is 0 Å². The van der Waals surface area contributed by atoms with E-state index < -0.39 is 20.0 Å². The molecule has 310 valence electrons. The summed E-state index contributed by atoms with van der Waals surface area (Å²) in [5.41, 5.74) is 3.23. The summed E-state index contributed by atoms with van der Waals surface area (Å²) in [6, 6.07) is 36.5. The summed E-state index contributed by atoms with van der Waals surface area (Å²) in [5, 5.41) is 15.6. The molecular formula is C44H59B3BrKN2O8. The van der Waals surface area contributed by atoms with E-state index >= 15 is 0 Å². The molecule has 15 heteroatoms. The number of aliphatic carboxylic acids is 1. The Morgan fingerprint density at radius 3 is 1.15 bits per heavy atom. The van der Waals surface area contributed by atoms with E-state index in [1.807, 2.05) is 159 Å². The second-order valence-corrected chi connectivity index (χ2v) is 18.4. The van der Waals surface area contributed by atoms with E-state index in [2.05, 4.69) is 60.3 Å². The van der Waals surface area contributed by atoms with Gasteiger partial charge in [0.2, 0.25) is 0 Å². The van der Waals surface area contributed by atoms with Gasteiger partial charge in [-0.15, -0.1) is 0 Å². The van der Waals surface area contributed by atoms with Crippen LogP contribution in [0.4, 0.5) is 22.7 Å². The molecule has 3 aliphatic rings. The Morgan fingerprint density at radius 1 is 0.492 bits per heavy atom. The van der Waals surface area contributed by atoms with Crippen LogP contribution in [-0.2, 0) is 32.7 Å². The molecule has 3 heterocycles. The molecule has 0 bridgehead atoms. The Kier molecular flexibility index (Phi) is 18.2. The Bertz CT molecular complexity index is 1870. The average molecular weight is 895 g/mol. The Balaban J connectivity index is 0.000000229. The van der Waals surface area contributed by atoms with Crippen molar-refractivity contribution in [3.05, 3.63) is 114 Å². The maximum Gasteiger partial charge on any atom is 1.00 e. The van der Waals surface area contributed by atoms with Crippen molar-refractivity contribution in [2.75, 3.05) is 10.6 Å². The first-order chi connectivity index (χ1) is 26.8. The van der Waals surface area contributed by atoms with Crippen LogP contribution in [0.3, 0.4) is 0 Å². The van der Waals surface area contributed by atoms with Crippen molar-refractivity contribution in [2.24, 2.45) is 0 Å². The number of benzene rings is 4. The zero-order chi connectivity index (χ0) is 43.2. The van der Waals surface area contributed by atoms with Gasteiger partial charge in [-0.3, -0.25) is 0 Å². The van der Waals surface area contributed by atoms with Crippen molar-refractivity contribution in [3.63, 3.8) is 0 Å². The molecule has 4 aromatic carbocycles. The molecule has 4 aromatic rings. The predicted octanol–water partition coefficient (Wildman–Crippen LogP) is 5.93. The molecule has 3 aliphatic heterocycles. The normalized spacial score (nSPS) is 19.7. The molecule has 0 aromatic heterocycles. The largest absolute Gasteiger partial charge is 1.00 e. The number of hydrogen-bond acceptors (Lipinski definition) is 10. The molecule has 0 spiro atoms. The molecule has 7 rings (SSSR count). The number of halogens is 1. The minimum absolute atomic E-state index is 0. The van der Waals surface area contributed by atoms with E-state index in [-0.39, 0.29) is 92.1 Å². The van der Waals surface area contributed by atoms with Crippen LogP contribution in [0, 0.1) is 0 Å². The second kappa shape index (κ2) is 20.9. The topological polar surface area (TPSA) is 120 Å². The maximum absolute atomic E-state index is 8.89. The third-order valence-electron chi connectivity index (χ3n) is 11.1. The van der Waals surface area contributed by atoms with Crippen LogP contribution in [0.15, 0.2) is 114 Å². The fourth-order valence-corrected chi connectivity index (χ4v) is 6.08. The van der Waals surface area contributed by atoms with E-state index in [9.17, 15) is 0 Å². The van der Waals surface area contributed by atoms with Crippen molar-refractivity contribution in [3.8, 4) is 0 Å². The number of nitrogens with one attached hydrogen (secondary N) is 2. The van der Waals surface area contributed by atoms with E-state index in [0.29, 0.717) is 0 Å². The standard InChI is InChI=1S/C18H22BNO2.C12H24B2O4.C12H10BrN.C2H4O2.K/c1-17(2)18(3,4)22-19(21-17)14-9-8-12-16(13-14)20-15-10-6-5-7-11-15;1-9(2)10(3,4)16-13(15-9)14-17-11(5,6)12(7,8)18-14;13-10-5-4-8-12(9-10)14-11-6-2-1-3-7-11;1-2(3)4;/h5-13,20H,1-4H3;1-8H3;1-9,14H;1H3,(H,3,4);/q;;;;+1/p-1. The number of carboxylic acids is 1. The summed E-state index contributed by atoms with van der Waals surface area (Å²) < 4.78 is 37.1. The second-order valence-electron chi connectivity index (χ2n) is 17.4. The summed E-state index contributed by atoms with van der Waals surface area (Å²) in [6.45, 7) is 25.5. The minimum Gasteiger partial charge on any atom is -0.550 e. The summed E-state index contributed by atoms with van der Waals surface area (Å²) >= 11 is 3.44. The first-order valence-electron chi connectivity index (χ1n) is 19.6. The zero-order valence-corrected chi connectivity index (χ0v) is 42.0. The fourth-order valence-electron chi connectivity index (χ4n) is 5.68. The quantitative estimate of drug-likeness (QED) is 0.226. The number of carboxylic acid groups (broad SMARTS) is 1. The molecule has 59 heavy (non-hydrogen) atoms. The van der Waals surface area contributed by atoms with E-state index in [1.54, 1.807) is 0 Å². The number of hydrogen-bond donors (Lipinski definition) is 2. The van der Waals surface area contributed by atoms with Gasteiger partial charge < -0.3 is 48.5 Å². The molecule has 0 unspecified atom stereocenters. The summed E-state index contributed by atoms with van der Waals surface area (Å²) in [7, 11) is -1.28. The van der Waals surface area contributed by atoms with Crippen LogP contribution >= 0.6 is 15.9 Å². The molecule has 2 N–H and O–H groups in total. The van der Waals surface area contributed by atoms with Gasteiger partial charge in [-0.25, -0.2) is 0 Å². The Morgan fingerprint density at radius 2 is 0.797 bits per heavy atom. The Hall–Kier alpha value is -1.98. The summed E-state index contributed by atoms with van der Waals surface area (Å²) in [6.07, 6.45) is 0. The van der Waals surface area contributed by atoms with Crippen LogP contribution in [-0.4, -0.2) is 60.7 Å². The van der Waals surface area contributed by atoms with E-state index in [4.69, 9.17) is 37.8 Å². The fraction of sp³-hybridized carbons (Fsp3) is 0.432. The predicted molar refractivity (Wildman–Crippen MR) is 239 cm³/mol. The van der Waals surface area contributed by atoms with Gasteiger partial charge in [0.15, 0.2) is 0 Å². The van der Waals surface area contributed by atoms with Crippen molar-refractivity contribution in [1.82, 2.24) is 0 Å². The summed E-state index contributed by atoms with van der Waals surface area (Å²) in [5.74, 6) is -1.08. The van der Waals surface area contributed by atoms with Crippen LogP contribution in [0.1, 0.15) is 90.0 Å². The molecule has 0 radical (unpaired) electrons. The van der Waals surface area contributed by atoms with Crippen LogP contribution in [0.2, 0.25) is 0 Å². The molecule has 0 aliphatic carbocycles. The van der Waals surface area contributed by atoms with Gasteiger partial charge in [0, 0.05) is 33.2 Å². The molecule has 0 amide bonds. The smallest absolute Gasteiger partial charge is 0.550 e. The SMILES string of the molecule is Brc1cccc(Nc2ccccc2)c1.CC(=O)[O-].CC1(C)OB(B2OC(C)(C)C(C)(C)O2)OC1(C)C.CC1(C)OB(c2cccc(Nc3ccccc3)c2)OC1(C)C.[K+]. The molecule has 3 saturated heterocycles. The minimum atomic E-state index is -1.08. The molecule has 3 fully saturated rings. The van der Waals surface area contributed by atoms with Gasteiger partial charge in [0.1, 0.15) is 0 Å². The summed E-state index contributed by atoms with van der Waals surface area (Å²) in [4.78, 5) is 8.89. The molecule has 0 saturated carbocycles. The monoisotopic (exact) mass is 894 g/mol. The average Bonchev–Trinajstić information content (AvgIpc) is 3.59. The Labute approximate surface area is 404 Å². The maximum atomic E-state index is 8.89. The van der Waals surface area contributed by atoms with Gasteiger partial charge in [0.25, 0.3) is 0 Å². The number of anilines is 4.